The third kappa shape index (κ3) is 3.29. The fourth-order valence-electron chi connectivity index (χ4n) is 1.67. The Balaban J connectivity index is 2.27. The van der Waals surface area contributed by atoms with Gasteiger partial charge in [-0.05, 0) is 19.3 Å². The Labute approximate surface area is 88.8 Å². The van der Waals surface area contributed by atoms with Gasteiger partial charge >= 0.3 is 0 Å². The summed E-state index contributed by atoms with van der Waals surface area (Å²) >= 11 is 3.41. The number of carbonyl (C=O) groups excluding carboxylic acids is 1. The highest BCUT2D eigenvalue weighted by atomic mass is 79.9. The minimum Gasteiger partial charge on any atom is -0.342 e. The van der Waals surface area contributed by atoms with Crippen LogP contribution in [0.15, 0.2) is 0 Å². The minimum atomic E-state index is 0.0860. The summed E-state index contributed by atoms with van der Waals surface area (Å²) in [5.41, 5.74) is 0. The van der Waals surface area contributed by atoms with Crippen LogP contribution in [0.2, 0.25) is 0 Å². The van der Waals surface area contributed by atoms with E-state index in [0.29, 0.717) is 5.91 Å². The van der Waals surface area contributed by atoms with Gasteiger partial charge in [0.25, 0.3) is 0 Å². The van der Waals surface area contributed by atoms with Gasteiger partial charge in [0.05, 0.1) is 4.83 Å². The molecule has 3 heteroatoms. The van der Waals surface area contributed by atoms with Crippen molar-refractivity contribution < 1.29 is 4.79 Å². The molecule has 0 aromatic rings. The first-order valence-electron chi connectivity index (χ1n) is 5.18. The maximum Gasteiger partial charge on any atom is 0.236 e. The number of piperidine rings is 1. The monoisotopic (exact) mass is 247 g/mol. The third-order valence-electron chi connectivity index (χ3n) is 2.50. The van der Waals surface area contributed by atoms with Crippen molar-refractivity contribution in [3.05, 3.63) is 0 Å². The van der Waals surface area contributed by atoms with Gasteiger partial charge in [-0.15, -0.1) is 0 Å². The zero-order valence-corrected chi connectivity index (χ0v) is 9.85. The van der Waals surface area contributed by atoms with Gasteiger partial charge in [0.15, 0.2) is 0 Å². The molecule has 0 aromatic carbocycles. The Bertz CT molecular complexity index is 172. The van der Waals surface area contributed by atoms with Crippen LogP contribution in [0, 0.1) is 0 Å². The van der Waals surface area contributed by atoms with Gasteiger partial charge in [-0.2, -0.15) is 0 Å². The Kier molecular flexibility index (Phi) is 4.78. The predicted molar refractivity (Wildman–Crippen MR) is 58.1 cm³/mol. The molecule has 0 N–H and O–H groups in total. The maximum absolute atomic E-state index is 11.6. The van der Waals surface area contributed by atoms with Gasteiger partial charge in [-0.25, -0.2) is 0 Å². The second-order valence-electron chi connectivity index (χ2n) is 3.64. The number of rotatable bonds is 4. The molecule has 1 aliphatic heterocycles. The highest BCUT2D eigenvalue weighted by molar-refractivity contribution is 9.10. The highest BCUT2D eigenvalue weighted by Crippen LogP contribution is 2.18. The molecular formula is C10H18BrNO. The standard InChI is InChI=1S/C10H18BrNO/c1-2-3-4-7-12-8-5-6-9(11)10(12)13/h9H,2-8H2,1H3. The average Bonchev–Trinajstić information content (AvgIpc) is 2.13. The second kappa shape index (κ2) is 5.63. The third-order valence-corrected chi connectivity index (χ3v) is 3.35. The van der Waals surface area contributed by atoms with Gasteiger partial charge in [0, 0.05) is 13.1 Å². The molecule has 0 bridgehead atoms. The Morgan fingerprint density at radius 2 is 2.31 bits per heavy atom. The molecule has 0 radical (unpaired) electrons. The number of amides is 1. The van der Waals surface area contributed by atoms with E-state index in [9.17, 15) is 4.79 Å². The lowest BCUT2D eigenvalue weighted by molar-refractivity contribution is -0.132. The van der Waals surface area contributed by atoms with Crippen molar-refractivity contribution in [2.24, 2.45) is 0 Å². The zero-order valence-electron chi connectivity index (χ0n) is 8.26. The van der Waals surface area contributed by atoms with Crippen molar-refractivity contribution in [3.8, 4) is 0 Å². The van der Waals surface area contributed by atoms with Crippen LogP contribution < -0.4 is 0 Å². The summed E-state index contributed by atoms with van der Waals surface area (Å²) in [5.74, 6) is 0.294. The number of likely N-dealkylation sites (tertiary alicyclic amines) is 1. The number of halogens is 1. The van der Waals surface area contributed by atoms with Crippen LogP contribution in [-0.2, 0) is 4.79 Å². The van der Waals surface area contributed by atoms with E-state index in [1.165, 1.54) is 12.8 Å². The lowest BCUT2D eigenvalue weighted by Crippen LogP contribution is -2.42. The summed E-state index contributed by atoms with van der Waals surface area (Å²) in [6, 6.07) is 0. The first kappa shape index (κ1) is 11.0. The van der Waals surface area contributed by atoms with Crippen LogP contribution in [0.3, 0.4) is 0 Å². The number of nitrogens with zero attached hydrogens (tertiary/aromatic N) is 1. The van der Waals surface area contributed by atoms with Crippen molar-refractivity contribution in [1.82, 2.24) is 4.90 Å². The van der Waals surface area contributed by atoms with E-state index >= 15 is 0 Å². The molecule has 0 spiro atoms. The van der Waals surface area contributed by atoms with Crippen molar-refractivity contribution in [2.75, 3.05) is 13.1 Å². The smallest absolute Gasteiger partial charge is 0.236 e. The van der Waals surface area contributed by atoms with Crippen molar-refractivity contribution in [1.29, 1.82) is 0 Å². The number of carbonyl (C=O) groups is 1. The number of hydrogen-bond acceptors (Lipinski definition) is 1. The summed E-state index contributed by atoms with van der Waals surface area (Å²) in [5, 5.41) is 0. The largest absolute Gasteiger partial charge is 0.342 e. The lowest BCUT2D eigenvalue weighted by Gasteiger charge is -2.29. The van der Waals surface area contributed by atoms with Gasteiger partial charge in [0.2, 0.25) is 5.91 Å². The maximum atomic E-state index is 11.6. The van der Waals surface area contributed by atoms with Gasteiger partial charge in [0.1, 0.15) is 0 Å². The van der Waals surface area contributed by atoms with Crippen LogP contribution >= 0.6 is 15.9 Å². The molecule has 13 heavy (non-hydrogen) atoms. The summed E-state index contributed by atoms with van der Waals surface area (Å²) in [7, 11) is 0. The molecule has 2 nitrogen and oxygen atoms in total. The molecule has 1 heterocycles. The summed E-state index contributed by atoms with van der Waals surface area (Å²) < 4.78 is 0. The fourth-order valence-corrected chi connectivity index (χ4v) is 2.28. The van der Waals surface area contributed by atoms with E-state index in [1.807, 2.05) is 4.90 Å². The van der Waals surface area contributed by atoms with Crippen LogP contribution in [0.1, 0.15) is 39.0 Å². The van der Waals surface area contributed by atoms with Crippen molar-refractivity contribution in [3.63, 3.8) is 0 Å². The Hall–Kier alpha value is -0.0500. The zero-order chi connectivity index (χ0) is 9.68. The van der Waals surface area contributed by atoms with E-state index in [2.05, 4.69) is 22.9 Å². The van der Waals surface area contributed by atoms with E-state index in [0.717, 1.165) is 32.4 Å². The van der Waals surface area contributed by atoms with Crippen LogP contribution in [0.25, 0.3) is 0 Å². The molecule has 1 amide bonds. The number of unbranched alkanes of at least 4 members (excludes halogenated alkanes) is 2. The molecule has 0 aromatic heterocycles. The summed E-state index contributed by atoms with van der Waals surface area (Å²) in [6.07, 6.45) is 5.76. The predicted octanol–water partition coefficient (Wildman–Crippen LogP) is 2.56. The minimum absolute atomic E-state index is 0.0860. The van der Waals surface area contributed by atoms with Crippen LogP contribution in [0.4, 0.5) is 0 Å². The van der Waals surface area contributed by atoms with Gasteiger partial charge in [-0.3, -0.25) is 4.79 Å². The Morgan fingerprint density at radius 1 is 1.54 bits per heavy atom. The molecule has 1 atom stereocenters. The van der Waals surface area contributed by atoms with Crippen LogP contribution in [-0.4, -0.2) is 28.7 Å². The molecular weight excluding hydrogens is 230 g/mol. The molecule has 1 unspecified atom stereocenters. The molecule has 1 fully saturated rings. The topological polar surface area (TPSA) is 20.3 Å². The van der Waals surface area contributed by atoms with E-state index < -0.39 is 0 Å². The van der Waals surface area contributed by atoms with Gasteiger partial charge < -0.3 is 4.90 Å². The van der Waals surface area contributed by atoms with Gasteiger partial charge in [-0.1, -0.05) is 35.7 Å². The van der Waals surface area contributed by atoms with Crippen LogP contribution in [0.5, 0.6) is 0 Å². The SMILES string of the molecule is CCCCCN1CCCC(Br)C1=O. The van der Waals surface area contributed by atoms with E-state index in [4.69, 9.17) is 0 Å². The number of hydrogen-bond donors (Lipinski definition) is 0. The highest BCUT2D eigenvalue weighted by Gasteiger charge is 2.25. The molecule has 76 valence electrons. The molecule has 1 saturated heterocycles. The van der Waals surface area contributed by atoms with Crippen molar-refractivity contribution >= 4 is 21.8 Å². The summed E-state index contributed by atoms with van der Waals surface area (Å²) in [4.78, 5) is 13.7. The Morgan fingerprint density at radius 3 is 3.00 bits per heavy atom. The molecule has 0 aliphatic carbocycles. The normalized spacial score (nSPS) is 23.7. The first-order valence-corrected chi connectivity index (χ1v) is 6.10. The lowest BCUT2D eigenvalue weighted by atomic mass is 10.1. The first-order chi connectivity index (χ1) is 6.25. The number of alkyl halides is 1. The average molecular weight is 248 g/mol. The second-order valence-corrected chi connectivity index (χ2v) is 4.75. The quantitative estimate of drug-likeness (QED) is 0.553. The van der Waals surface area contributed by atoms with Crippen molar-refractivity contribution in [2.45, 2.75) is 43.9 Å². The molecule has 0 saturated carbocycles. The summed E-state index contributed by atoms with van der Waals surface area (Å²) in [6.45, 7) is 4.10. The van der Waals surface area contributed by atoms with E-state index in [1.54, 1.807) is 0 Å². The molecule has 1 aliphatic rings. The molecule has 1 rings (SSSR count). The fraction of sp³-hybridized carbons (Fsp3) is 0.900. The van der Waals surface area contributed by atoms with E-state index in [-0.39, 0.29) is 4.83 Å².